The molecular formula is C21H23N3O6S. The molecule has 0 fully saturated rings. The normalized spacial score (nSPS) is 13.8. The highest BCUT2D eigenvalue weighted by atomic mass is 32.2. The second kappa shape index (κ2) is 8.41. The van der Waals surface area contributed by atoms with Crippen molar-refractivity contribution in [3.05, 3.63) is 59.1 Å². The Morgan fingerprint density at radius 2 is 1.77 bits per heavy atom. The molecule has 2 aromatic rings. The molecule has 0 bridgehead atoms. The van der Waals surface area contributed by atoms with Crippen LogP contribution < -0.4 is 14.8 Å². The van der Waals surface area contributed by atoms with Gasteiger partial charge in [0.2, 0.25) is 6.79 Å². The molecular weight excluding hydrogens is 422 g/mol. The Hall–Kier alpha value is -3.36. The van der Waals surface area contributed by atoms with Crippen LogP contribution in [0.3, 0.4) is 0 Å². The summed E-state index contributed by atoms with van der Waals surface area (Å²) < 4.78 is 42.4. The van der Waals surface area contributed by atoms with Gasteiger partial charge in [-0.25, -0.2) is 13.2 Å². The molecule has 1 heterocycles. The molecule has 31 heavy (non-hydrogen) atoms. The van der Waals surface area contributed by atoms with Crippen molar-refractivity contribution in [1.29, 1.82) is 0 Å². The monoisotopic (exact) mass is 445 g/mol. The van der Waals surface area contributed by atoms with Crippen LogP contribution >= 0.6 is 0 Å². The van der Waals surface area contributed by atoms with Gasteiger partial charge in [0.15, 0.2) is 17.5 Å². The van der Waals surface area contributed by atoms with Crippen LogP contribution in [0, 0.1) is 6.92 Å². The average Bonchev–Trinajstić information content (AvgIpc) is 3.14. The predicted molar refractivity (Wildman–Crippen MR) is 112 cm³/mol. The number of carbonyl (C=O) groups is 1. The van der Waals surface area contributed by atoms with E-state index in [0.717, 1.165) is 5.56 Å². The van der Waals surface area contributed by atoms with E-state index in [1.54, 1.807) is 45.0 Å². The van der Waals surface area contributed by atoms with Crippen molar-refractivity contribution >= 4 is 21.0 Å². The van der Waals surface area contributed by atoms with E-state index in [1.807, 2.05) is 6.92 Å². The van der Waals surface area contributed by atoms with Crippen molar-refractivity contribution in [2.24, 2.45) is 0 Å². The van der Waals surface area contributed by atoms with Crippen molar-refractivity contribution in [3.63, 3.8) is 0 Å². The number of rotatable bonds is 4. The molecule has 0 spiro atoms. The summed E-state index contributed by atoms with van der Waals surface area (Å²) >= 11 is 0. The molecule has 0 unspecified atom stereocenters. The number of sulfone groups is 1. The van der Waals surface area contributed by atoms with E-state index in [-0.39, 0.29) is 11.7 Å². The third-order valence-electron chi connectivity index (χ3n) is 4.34. The van der Waals surface area contributed by atoms with Crippen molar-refractivity contribution in [1.82, 2.24) is 5.32 Å². The van der Waals surface area contributed by atoms with Gasteiger partial charge in [-0.3, -0.25) is 0 Å². The van der Waals surface area contributed by atoms with Gasteiger partial charge in [-0.15, -0.1) is 0 Å². The molecule has 1 aliphatic heterocycles. The van der Waals surface area contributed by atoms with Gasteiger partial charge in [-0.2, -0.15) is 4.79 Å². The Morgan fingerprint density at radius 1 is 1.13 bits per heavy atom. The van der Waals surface area contributed by atoms with Gasteiger partial charge >= 0.3 is 11.1 Å². The second-order valence-electron chi connectivity index (χ2n) is 7.95. The van der Waals surface area contributed by atoms with Crippen LogP contribution in [0.1, 0.15) is 37.9 Å². The van der Waals surface area contributed by atoms with Gasteiger partial charge < -0.3 is 25.1 Å². The van der Waals surface area contributed by atoms with E-state index < -0.39 is 32.6 Å². The van der Waals surface area contributed by atoms with Gasteiger partial charge in [0.25, 0.3) is 9.84 Å². The Kier molecular flexibility index (Phi) is 6.06. The highest BCUT2D eigenvalue weighted by molar-refractivity contribution is 8.06. The fraction of sp³-hybridized carbons (Fsp3) is 0.333. The summed E-state index contributed by atoms with van der Waals surface area (Å²) in [6.45, 7) is 6.85. The number of nitrogens with one attached hydrogen (secondary N) is 1. The molecule has 10 heteroatoms. The number of ether oxygens (including phenoxy) is 3. The van der Waals surface area contributed by atoms with Crippen molar-refractivity contribution in [3.8, 4) is 11.5 Å². The number of alkyl carbamates (subject to hydrolysis) is 1. The van der Waals surface area contributed by atoms with Crippen LogP contribution in [-0.4, -0.2) is 36.7 Å². The number of carbonyl (C=O) groups excluding carboxylic acids is 1. The maximum absolute atomic E-state index is 13.3. The van der Waals surface area contributed by atoms with Crippen LogP contribution in [0.25, 0.3) is 5.53 Å². The summed E-state index contributed by atoms with van der Waals surface area (Å²) in [5.74, 6) is 0.849. The molecule has 1 aliphatic rings. The highest BCUT2D eigenvalue weighted by Gasteiger charge is 2.41. The van der Waals surface area contributed by atoms with Crippen LogP contribution in [0.4, 0.5) is 4.79 Å². The molecule has 0 saturated carbocycles. The zero-order valence-electron chi connectivity index (χ0n) is 17.6. The predicted octanol–water partition coefficient (Wildman–Crippen LogP) is 3.39. The standard InChI is InChI=1S/C21H23N3O6S/c1-13-5-8-15(9-6-13)31(26,27)19(24-22)18(23-20(25)30-21(2,3)4)14-7-10-16-17(11-14)29-12-28-16/h5-11,18H,12H2,1-4H3,(H,23,25)/t18-/m1/s1. The first kappa shape index (κ1) is 22.3. The van der Waals surface area contributed by atoms with Crippen molar-refractivity contribution < 1.29 is 32.2 Å². The Balaban J connectivity index is 2.06. The first-order valence-corrected chi connectivity index (χ1v) is 10.9. The molecule has 0 radical (unpaired) electrons. The van der Waals surface area contributed by atoms with Gasteiger partial charge in [-0.1, -0.05) is 23.8 Å². The summed E-state index contributed by atoms with van der Waals surface area (Å²) in [4.78, 5) is 15.5. The van der Waals surface area contributed by atoms with Crippen LogP contribution in [0.2, 0.25) is 0 Å². The van der Waals surface area contributed by atoms with E-state index in [4.69, 9.17) is 14.2 Å². The first-order chi connectivity index (χ1) is 14.5. The number of amides is 1. The highest BCUT2D eigenvalue weighted by Crippen LogP contribution is 2.35. The Labute approximate surface area is 180 Å². The average molecular weight is 445 g/mol. The fourth-order valence-electron chi connectivity index (χ4n) is 2.91. The minimum atomic E-state index is -4.26. The van der Waals surface area contributed by atoms with Crippen molar-refractivity contribution in [2.75, 3.05) is 6.79 Å². The summed E-state index contributed by atoms with van der Waals surface area (Å²) in [7, 11) is -4.26. The molecule has 9 nitrogen and oxygen atoms in total. The maximum atomic E-state index is 13.3. The molecule has 1 amide bonds. The third-order valence-corrected chi connectivity index (χ3v) is 6.10. The van der Waals surface area contributed by atoms with Crippen LogP contribution in [-0.2, 0) is 14.6 Å². The number of fused-ring (bicyclic) bond motifs is 1. The molecule has 164 valence electrons. The summed E-state index contributed by atoms with van der Waals surface area (Å²) in [6.07, 6.45) is -0.879. The second-order valence-corrected chi connectivity index (χ2v) is 9.84. The van der Waals surface area contributed by atoms with E-state index >= 15 is 0 Å². The quantitative estimate of drug-likeness (QED) is 0.333. The number of hydrogen-bond acceptors (Lipinski definition) is 6. The minimum Gasteiger partial charge on any atom is -0.454 e. The number of benzene rings is 2. The van der Waals surface area contributed by atoms with Gasteiger partial charge in [0.05, 0.1) is 4.90 Å². The van der Waals surface area contributed by atoms with E-state index in [0.29, 0.717) is 17.1 Å². The fourth-order valence-corrected chi connectivity index (χ4v) is 4.26. The smallest absolute Gasteiger partial charge is 0.412 e. The third kappa shape index (κ3) is 5.04. The molecule has 3 rings (SSSR count). The molecule has 1 atom stereocenters. The van der Waals surface area contributed by atoms with E-state index in [1.165, 1.54) is 18.2 Å². The van der Waals surface area contributed by atoms with Gasteiger partial charge in [-0.05, 0) is 57.5 Å². The molecule has 2 aromatic carbocycles. The van der Waals surface area contributed by atoms with Crippen molar-refractivity contribution in [2.45, 2.75) is 44.2 Å². The zero-order valence-corrected chi connectivity index (χ0v) is 18.4. The molecule has 0 saturated heterocycles. The number of hydrogen-bond donors (Lipinski definition) is 1. The lowest BCUT2D eigenvalue weighted by molar-refractivity contribution is -0.00686. The van der Waals surface area contributed by atoms with Gasteiger partial charge in [0.1, 0.15) is 5.60 Å². The maximum Gasteiger partial charge on any atom is 0.412 e. The number of nitrogens with zero attached hydrogens (tertiary/aromatic N) is 2. The van der Waals surface area contributed by atoms with Gasteiger partial charge in [0, 0.05) is 0 Å². The lowest BCUT2D eigenvalue weighted by atomic mass is 10.1. The number of aryl methyl sites for hydroxylation is 1. The summed E-state index contributed by atoms with van der Waals surface area (Å²) in [6, 6.07) is 9.35. The molecule has 0 aromatic heterocycles. The van der Waals surface area contributed by atoms with Crippen LogP contribution in [0.5, 0.6) is 11.5 Å². The summed E-state index contributed by atoms with van der Waals surface area (Å²) in [5.41, 5.74) is 10.1. The largest absolute Gasteiger partial charge is 0.454 e. The molecule has 0 aliphatic carbocycles. The Morgan fingerprint density at radius 3 is 2.39 bits per heavy atom. The minimum absolute atomic E-state index is 0.0194. The summed E-state index contributed by atoms with van der Waals surface area (Å²) in [5, 5.41) is 1.83. The van der Waals surface area contributed by atoms with E-state index in [2.05, 4.69) is 10.1 Å². The zero-order chi connectivity index (χ0) is 22.8. The Bertz CT molecular complexity index is 1150. The lowest BCUT2D eigenvalue weighted by Gasteiger charge is -2.22. The topological polar surface area (TPSA) is 127 Å². The van der Waals surface area contributed by atoms with E-state index in [9.17, 15) is 18.7 Å². The molecule has 1 N–H and O–H groups in total. The first-order valence-electron chi connectivity index (χ1n) is 9.44. The lowest BCUT2D eigenvalue weighted by Crippen LogP contribution is -2.40. The SMILES string of the molecule is Cc1ccc(S(=O)(=O)C(=[N+]=[N-])[C@H](NC(=O)OC(C)(C)C)c2ccc3c(c2)OCO3)cc1. The van der Waals surface area contributed by atoms with Crippen LogP contribution in [0.15, 0.2) is 47.4 Å².